The molecule has 8 heteroatoms. The molecule has 3 N–H and O–H groups in total. The standard InChI is InChI=1S/C28H30N6O2/c1-18(35)33-12-8-25(31-19-9-13-36-14-10-19)23(16-33)27(29)21-6-4-11-34-17-26(32-28(21)34)22-15-30-24-7-3-2-5-20(22)24/h2-7,11,15,17,19,29-31H,8-10,12-14,16H2,1H3. The number of amides is 1. The van der Waals surface area contributed by atoms with E-state index < -0.39 is 0 Å². The van der Waals surface area contributed by atoms with Crippen molar-refractivity contribution in [1.29, 1.82) is 5.41 Å². The van der Waals surface area contributed by atoms with Gasteiger partial charge in [0.05, 0.1) is 11.4 Å². The van der Waals surface area contributed by atoms with Gasteiger partial charge in [0.1, 0.15) is 5.65 Å². The van der Waals surface area contributed by atoms with Crippen LogP contribution in [0.5, 0.6) is 0 Å². The van der Waals surface area contributed by atoms with Crippen molar-refractivity contribution in [2.75, 3.05) is 26.3 Å². The Hall–Kier alpha value is -3.91. The first-order valence-corrected chi connectivity index (χ1v) is 12.5. The molecule has 1 fully saturated rings. The number of hydrogen-bond donors (Lipinski definition) is 3. The summed E-state index contributed by atoms with van der Waals surface area (Å²) in [6.07, 6.45) is 8.58. The maximum absolute atomic E-state index is 12.2. The molecular formula is C28H30N6O2. The lowest BCUT2D eigenvalue weighted by Crippen LogP contribution is -2.43. The second kappa shape index (κ2) is 9.28. The van der Waals surface area contributed by atoms with Gasteiger partial charge in [0, 0.05) is 97.6 Å². The molecule has 0 spiro atoms. The Morgan fingerprint density at radius 3 is 2.86 bits per heavy atom. The molecule has 1 saturated heterocycles. The van der Waals surface area contributed by atoms with Crippen LogP contribution in [0.1, 0.15) is 31.7 Å². The van der Waals surface area contributed by atoms with Gasteiger partial charge in [-0.15, -0.1) is 0 Å². The number of carbonyl (C=O) groups is 1. The molecular weight excluding hydrogens is 452 g/mol. The van der Waals surface area contributed by atoms with E-state index in [-0.39, 0.29) is 5.91 Å². The third-order valence-corrected chi connectivity index (χ3v) is 7.31. The number of hydrogen-bond acceptors (Lipinski definition) is 5. The second-order valence-electron chi connectivity index (χ2n) is 9.58. The summed E-state index contributed by atoms with van der Waals surface area (Å²) in [7, 11) is 0. The van der Waals surface area contributed by atoms with Crippen molar-refractivity contribution < 1.29 is 9.53 Å². The zero-order valence-electron chi connectivity index (χ0n) is 20.4. The van der Waals surface area contributed by atoms with E-state index >= 15 is 0 Å². The lowest BCUT2D eigenvalue weighted by molar-refractivity contribution is -0.128. The molecule has 6 rings (SSSR count). The highest BCUT2D eigenvalue weighted by molar-refractivity contribution is 6.15. The summed E-state index contributed by atoms with van der Waals surface area (Å²) in [5.41, 5.74) is 6.80. The molecule has 0 saturated carbocycles. The Morgan fingerprint density at radius 2 is 2.03 bits per heavy atom. The van der Waals surface area contributed by atoms with Crippen LogP contribution in [0.25, 0.3) is 27.8 Å². The van der Waals surface area contributed by atoms with Gasteiger partial charge in [-0.2, -0.15) is 0 Å². The summed E-state index contributed by atoms with van der Waals surface area (Å²) in [5, 5.41) is 14.1. The van der Waals surface area contributed by atoms with Crippen molar-refractivity contribution in [2.45, 2.75) is 32.2 Å². The van der Waals surface area contributed by atoms with Crippen LogP contribution in [0, 0.1) is 5.41 Å². The van der Waals surface area contributed by atoms with Crippen LogP contribution in [0.4, 0.5) is 0 Å². The van der Waals surface area contributed by atoms with E-state index in [9.17, 15) is 10.2 Å². The maximum Gasteiger partial charge on any atom is 0.219 e. The molecule has 8 nitrogen and oxygen atoms in total. The van der Waals surface area contributed by atoms with Gasteiger partial charge >= 0.3 is 0 Å². The number of aromatic nitrogens is 3. The number of imidazole rings is 1. The molecule has 0 unspecified atom stereocenters. The van der Waals surface area contributed by atoms with Gasteiger partial charge in [-0.05, 0) is 31.0 Å². The Morgan fingerprint density at radius 1 is 1.19 bits per heavy atom. The lowest BCUT2D eigenvalue weighted by atomic mass is 9.95. The monoisotopic (exact) mass is 482 g/mol. The van der Waals surface area contributed by atoms with Gasteiger partial charge in [0.2, 0.25) is 5.91 Å². The molecule has 0 bridgehead atoms. The molecule has 2 aliphatic heterocycles. The predicted molar refractivity (Wildman–Crippen MR) is 140 cm³/mol. The van der Waals surface area contributed by atoms with E-state index in [4.69, 9.17) is 9.72 Å². The molecule has 1 amide bonds. The van der Waals surface area contributed by atoms with Gasteiger partial charge in [0.15, 0.2) is 0 Å². The van der Waals surface area contributed by atoms with E-state index in [0.717, 1.165) is 70.7 Å². The van der Waals surface area contributed by atoms with Gasteiger partial charge in [-0.3, -0.25) is 10.2 Å². The van der Waals surface area contributed by atoms with Gasteiger partial charge in [0.25, 0.3) is 0 Å². The van der Waals surface area contributed by atoms with Gasteiger partial charge in [-0.25, -0.2) is 4.98 Å². The van der Waals surface area contributed by atoms with Crippen LogP contribution in [-0.2, 0) is 9.53 Å². The smallest absolute Gasteiger partial charge is 0.219 e. The summed E-state index contributed by atoms with van der Waals surface area (Å²) >= 11 is 0. The number of H-pyrrole nitrogens is 1. The minimum Gasteiger partial charge on any atom is -0.385 e. The number of fused-ring (bicyclic) bond motifs is 2. The maximum atomic E-state index is 12.2. The van der Waals surface area contributed by atoms with Crippen LogP contribution in [0.2, 0.25) is 0 Å². The quantitative estimate of drug-likeness (QED) is 0.373. The summed E-state index contributed by atoms with van der Waals surface area (Å²) in [5.74, 6) is 0.0334. The van der Waals surface area contributed by atoms with E-state index in [1.807, 2.05) is 52.2 Å². The van der Waals surface area contributed by atoms with Crippen molar-refractivity contribution in [3.63, 3.8) is 0 Å². The summed E-state index contributed by atoms with van der Waals surface area (Å²) < 4.78 is 7.51. The van der Waals surface area contributed by atoms with Crippen molar-refractivity contribution in [3.05, 3.63) is 71.8 Å². The first kappa shape index (κ1) is 22.5. The first-order valence-electron chi connectivity index (χ1n) is 12.5. The summed E-state index contributed by atoms with van der Waals surface area (Å²) in [6.45, 7) is 4.19. The Kier molecular flexibility index (Phi) is 5.81. The van der Waals surface area contributed by atoms with Crippen molar-refractivity contribution in [2.24, 2.45) is 0 Å². The minimum atomic E-state index is 0.0334. The molecule has 0 radical (unpaired) electrons. The zero-order valence-corrected chi connectivity index (χ0v) is 20.4. The average Bonchev–Trinajstić information content (AvgIpc) is 3.53. The van der Waals surface area contributed by atoms with Crippen LogP contribution in [0.15, 0.2) is 66.3 Å². The summed E-state index contributed by atoms with van der Waals surface area (Å²) in [4.78, 5) is 22.4. The number of carbonyl (C=O) groups excluding carboxylic acids is 1. The highest BCUT2D eigenvalue weighted by atomic mass is 16.5. The van der Waals surface area contributed by atoms with E-state index in [1.165, 1.54) is 0 Å². The van der Waals surface area contributed by atoms with Crippen LogP contribution in [0.3, 0.4) is 0 Å². The fourth-order valence-corrected chi connectivity index (χ4v) is 5.29. The highest BCUT2D eigenvalue weighted by Gasteiger charge is 2.27. The van der Waals surface area contributed by atoms with Gasteiger partial charge < -0.3 is 24.3 Å². The Labute approximate surface area is 209 Å². The fraction of sp³-hybridized carbons (Fsp3) is 0.321. The largest absolute Gasteiger partial charge is 0.385 e. The van der Waals surface area contributed by atoms with Crippen molar-refractivity contribution in [3.8, 4) is 11.3 Å². The molecule has 1 aromatic carbocycles. The third kappa shape index (κ3) is 4.07. The average molecular weight is 483 g/mol. The number of benzene rings is 1. The molecule has 0 aliphatic carbocycles. The number of para-hydroxylation sites is 1. The minimum absolute atomic E-state index is 0.0334. The number of nitrogens with zero attached hydrogens (tertiary/aromatic N) is 3. The number of nitrogens with one attached hydrogen (secondary N) is 3. The third-order valence-electron chi connectivity index (χ3n) is 7.31. The highest BCUT2D eigenvalue weighted by Crippen LogP contribution is 2.30. The molecule has 3 aromatic heterocycles. The molecule has 0 atom stereocenters. The van der Waals surface area contributed by atoms with Crippen LogP contribution >= 0.6 is 0 Å². The lowest BCUT2D eigenvalue weighted by Gasteiger charge is -2.34. The Bertz CT molecular complexity index is 1490. The normalized spacial score (nSPS) is 17.2. The zero-order chi connectivity index (χ0) is 24.6. The molecule has 2 aliphatic rings. The second-order valence-corrected chi connectivity index (χ2v) is 9.58. The number of aromatic amines is 1. The van der Waals surface area contributed by atoms with E-state index in [1.54, 1.807) is 6.92 Å². The molecule has 36 heavy (non-hydrogen) atoms. The molecule has 4 aromatic rings. The van der Waals surface area contributed by atoms with E-state index in [0.29, 0.717) is 31.3 Å². The molecule has 184 valence electrons. The number of pyridine rings is 1. The van der Waals surface area contributed by atoms with Crippen molar-refractivity contribution in [1.82, 2.24) is 24.6 Å². The Balaban J connectivity index is 1.40. The molecule has 5 heterocycles. The topological polar surface area (TPSA) is 98.5 Å². The van der Waals surface area contributed by atoms with Crippen LogP contribution < -0.4 is 5.32 Å². The van der Waals surface area contributed by atoms with E-state index in [2.05, 4.69) is 22.4 Å². The predicted octanol–water partition coefficient (Wildman–Crippen LogP) is 4.13. The first-order chi connectivity index (χ1) is 17.6. The van der Waals surface area contributed by atoms with Crippen LogP contribution in [-0.4, -0.2) is 63.2 Å². The number of ether oxygens (including phenoxy) is 1. The van der Waals surface area contributed by atoms with Gasteiger partial charge in [-0.1, -0.05) is 18.2 Å². The van der Waals surface area contributed by atoms with Crippen molar-refractivity contribution >= 4 is 28.2 Å². The SMILES string of the molecule is CC(=O)N1CCC(NC2CCOCC2)=C(C(=N)c2cccn3cc(-c4c[nH]c5ccccc45)nc23)C1. The summed E-state index contributed by atoms with van der Waals surface area (Å²) in [6, 6.07) is 12.4. The number of rotatable bonds is 5. The fourth-order valence-electron chi connectivity index (χ4n) is 5.29.